The highest BCUT2D eigenvalue weighted by Crippen LogP contribution is 2.31. The number of aromatic nitrogens is 1. The first kappa shape index (κ1) is 19.8. The Morgan fingerprint density at radius 3 is 2.38 bits per heavy atom. The lowest BCUT2D eigenvalue weighted by atomic mass is 10.0. The van der Waals surface area contributed by atoms with Crippen molar-refractivity contribution in [2.45, 2.75) is 13.5 Å². The van der Waals surface area contributed by atoms with Crippen LogP contribution in [-0.2, 0) is 16.0 Å². The molecule has 0 atom stereocenters. The van der Waals surface area contributed by atoms with Crippen LogP contribution in [0, 0.1) is 0 Å². The van der Waals surface area contributed by atoms with E-state index in [0.717, 1.165) is 34.9 Å². The maximum absolute atomic E-state index is 12.5. The normalized spacial score (nSPS) is 14.7. The summed E-state index contributed by atoms with van der Waals surface area (Å²) in [6, 6.07) is 18.6. The van der Waals surface area contributed by atoms with E-state index < -0.39 is 0 Å². The van der Waals surface area contributed by atoms with Gasteiger partial charge in [0.25, 0.3) is 0 Å². The van der Waals surface area contributed by atoms with Crippen molar-refractivity contribution in [3.63, 3.8) is 0 Å². The summed E-state index contributed by atoms with van der Waals surface area (Å²) in [4.78, 5) is 20.2. The highest BCUT2D eigenvalue weighted by Gasteiger charge is 2.22. The van der Waals surface area contributed by atoms with Crippen LogP contribution in [0.2, 0.25) is 0 Å². The first-order valence-corrected chi connectivity index (χ1v) is 10.7. The van der Waals surface area contributed by atoms with Crippen LogP contribution >= 0.6 is 11.3 Å². The van der Waals surface area contributed by atoms with Crippen LogP contribution in [0.3, 0.4) is 0 Å². The molecule has 0 unspecified atom stereocenters. The third-order valence-corrected chi connectivity index (χ3v) is 6.00. The molecule has 2 heterocycles. The number of hydrogen-bond acceptors (Lipinski definition) is 6. The number of carbonyl (C=O) groups excluding carboxylic acids is 1. The summed E-state index contributed by atoms with van der Waals surface area (Å²) < 4.78 is 10.7. The number of benzene rings is 2. The molecule has 6 heteroatoms. The number of rotatable bonds is 6. The van der Waals surface area contributed by atoms with Crippen LogP contribution in [0.15, 0.2) is 54.6 Å². The van der Waals surface area contributed by atoms with Gasteiger partial charge < -0.3 is 9.47 Å². The highest BCUT2D eigenvalue weighted by molar-refractivity contribution is 7.17. The van der Waals surface area contributed by atoms with Gasteiger partial charge in [-0.15, -0.1) is 11.3 Å². The number of ether oxygens (including phenoxy) is 2. The van der Waals surface area contributed by atoms with Crippen LogP contribution in [0.4, 0.5) is 0 Å². The Kier molecular flexibility index (Phi) is 6.34. The SMILES string of the molecule is CCOC(=O)c1sc(-c2ccc(-c3ccccc3)cc2)nc1CN1CCOCC1. The molecule has 4 rings (SSSR count). The smallest absolute Gasteiger partial charge is 0.350 e. The molecular weight excluding hydrogens is 384 g/mol. The predicted octanol–water partition coefficient (Wildman–Crippen LogP) is 4.49. The zero-order valence-electron chi connectivity index (χ0n) is 16.5. The monoisotopic (exact) mass is 408 g/mol. The molecule has 29 heavy (non-hydrogen) atoms. The molecule has 0 spiro atoms. The first-order chi connectivity index (χ1) is 14.2. The minimum atomic E-state index is -0.291. The number of hydrogen-bond donors (Lipinski definition) is 0. The minimum absolute atomic E-state index is 0.291. The van der Waals surface area contributed by atoms with Gasteiger partial charge in [-0.25, -0.2) is 9.78 Å². The van der Waals surface area contributed by atoms with Gasteiger partial charge in [0.2, 0.25) is 0 Å². The third-order valence-electron chi connectivity index (χ3n) is 4.87. The Balaban J connectivity index is 1.61. The second-order valence-electron chi connectivity index (χ2n) is 6.85. The van der Waals surface area contributed by atoms with Crippen LogP contribution in [0.1, 0.15) is 22.3 Å². The lowest BCUT2D eigenvalue weighted by molar-refractivity contribution is 0.0332. The van der Waals surface area contributed by atoms with Crippen molar-refractivity contribution in [1.82, 2.24) is 9.88 Å². The summed E-state index contributed by atoms with van der Waals surface area (Å²) >= 11 is 1.41. The molecule has 0 saturated carbocycles. The van der Waals surface area contributed by atoms with Crippen LogP contribution < -0.4 is 0 Å². The number of carbonyl (C=O) groups is 1. The fourth-order valence-electron chi connectivity index (χ4n) is 3.35. The summed E-state index contributed by atoms with van der Waals surface area (Å²) in [5.74, 6) is -0.291. The van der Waals surface area contributed by atoms with Gasteiger partial charge >= 0.3 is 5.97 Å². The average Bonchev–Trinajstić information content (AvgIpc) is 3.19. The number of thiazole rings is 1. The van der Waals surface area contributed by atoms with Gasteiger partial charge in [-0.05, 0) is 18.1 Å². The second kappa shape index (κ2) is 9.31. The number of morpholine rings is 1. The van der Waals surface area contributed by atoms with Crippen molar-refractivity contribution in [3.05, 3.63) is 65.2 Å². The molecule has 0 aliphatic carbocycles. The van der Waals surface area contributed by atoms with Gasteiger partial charge in [0, 0.05) is 25.2 Å². The molecule has 3 aromatic rings. The van der Waals surface area contributed by atoms with E-state index in [9.17, 15) is 4.79 Å². The van der Waals surface area contributed by atoms with E-state index in [1.807, 2.05) is 25.1 Å². The maximum Gasteiger partial charge on any atom is 0.350 e. The molecule has 2 aromatic carbocycles. The third kappa shape index (κ3) is 4.72. The van der Waals surface area contributed by atoms with Crippen molar-refractivity contribution in [3.8, 4) is 21.7 Å². The van der Waals surface area contributed by atoms with Gasteiger partial charge in [-0.3, -0.25) is 4.90 Å². The van der Waals surface area contributed by atoms with Crippen molar-refractivity contribution in [1.29, 1.82) is 0 Å². The molecular formula is C23H24N2O3S. The summed E-state index contributed by atoms with van der Waals surface area (Å²) in [5.41, 5.74) is 4.13. The number of nitrogens with zero attached hydrogens (tertiary/aromatic N) is 2. The van der Waals surface area contributed by atoms with Gasteiger partial charge in [-0.2, -0.15) is 0 Å². The summed E-state index contributed by atoms with van der Waals surface area (Å²) in [6.07, 6.45) is 0. The fraction of sp³-hybridized carbons (Fsp3) is 0.304. The molecule has 1 aliphatic rings. The van der Waals surface area contributed by atoms with E-state index in [4.69, 9.17) is 14.5 Å². The molecule has 1 fully saturated rings. The van der Waals surface area contributed by atoms with E-state index >= 15 is 0 Å². The summed E-state index contributed by atoms with van der Waals surface area (Å²) in [7, 11) is 0. The molecule has 150 valence electrons. The quantitative estimate of drug-likeness (QED) is 0.563. The predicted molar refractivity (Wildman–Crippen MR) is 115 cm³/mol. The molecule has 5 nitrogen and oxygen atoms in total. The van der Waals surface area contributed by atoms with Crippen molar-refractivity contribution < 1.29 is 14.3 Å². The first-order valence-electron chi connectivity index (χ1n) is 9.87. The van der Waals surface area contributed by atoms with Gasteiger partial charge in [0.05, 0.1) is 25.5 Å². The molecule has 0 bridgehead atoms. The summed E-state index contributed by atoms with van der Waals surface area (Å²) in [6.45, 7) is 5.94. The van der Waals surface area contributed by atoms with Crippen LogP contribution in [0.5, 0.6) is 0 Å². The zero-order chi connectivity index (χ0) is 20.1. The van der Waals surface area contributed by atoms with Crippen LogP contribution in [0.25, 0.3) is 21.7 Å². The van der Waals surface area contributed by atoms with E-state index in [1.165, 1.54) is 16.9 Å². The Morgan fingerprint density at radius 2 is 1.69 bits per heavy atom. The molecule has 0 amide bonds. The molecule has 1 aliphatic heterocycles. The Bertz CT molecular complexity index is 948. The van der Waals surface area contributed by atoms with Crippen LogP contribution in [-0.4, -0.2) is 48.8 Å². The molecule has 0 radical (unpaired) electrons. The Labute approximate surface area is 174 Å². The van der Waals surface area contributed by atoms with Gasteiger partial charge in [0.15, 0.2) is 0 Å². The second-order valence-corrected chi connectivity index (χ2v) is 7.85. The van der Waals surface area contributed by atoms with Crippen molar-refractivity contribution in [2.24, 2.45) is 0 Å². The minimum Gasteiger partial charge on any atom is -0.462 e. The lowest BCUT2D eigenvalue weighted by Crippen LogP contribution is -2.36. The Hall–Kier alpha value is -2.54. The molecule has 0 N–H and O–H groups in total. The average molecular weight is 409 g/mol. The van der Waals surface area contributed by atoms with Crippen molar-refractivity contribution in [2.75, 3.05) is 32.9 Å². The fourth-order valence-corrected chi connectivity index (χ4v) is 4.32. The van der Waals surface area contributed by atoms with E-state index in [0.29, 0.717) is 31.2 Å². The number of esters is 1. The maximum atomic E-state index is 12.5. The molecule has 1 aromatic heterocycles. The largest absolute Gasteiger partial charge is 0.462 e. The lowest BCUT2D eigenvalue weighted by Gasteiger charge is -2.25. The Morgan fingerprint density at radius 1 is 1.03 bits per heavy atom. The van der Waals surface area contributed by atoms with E-state index in [1.54, 1.807) is 0 Å². The van der Waals surface area contributed by atoms with Gasteiger partial charge in [0.1, 0.15) is 9.88 Å². The van der Waals surface area contributed by atoms with E-state index in [-0.39, 0.29) is 5.97 Å². The van der Waals surface area contributed by atoms with Crippen molar-refractivity contribution >= 4 is 17.3 Å². The standard InChI is InChI=1S/C23H24N2O3S/c1-2-28-23(26)21-20(16-25-12-14-27-15-13-25)24-22(29-21)19-10-8-18(9-11-19)17-6-4-3-5-7-17/h3-11H,2,12-16H2,1H3. The summed E-state index contributed by atoms with van der Waals surface area (Å²) in [5, 5.41) is 0.843. The van der Waals surface area contributed by atoms with E-state index in [2.05, 4.69) is 41.3 Å². The topological polar surface area (TPSA) is 51.7 Å². The molecule has 1 saturated heterocycles. The zero-order valence-corrected chi connectivity index (χ0v) is 17.3. The highest BCUT2D eigenvalue weighted by atomic mass is 32.1. The van der Waals surface area contributed by atoms with Gasteiger partial charge in [-0.1, -0.05) is 54.6 Å².